The molecule has 2 rings (SSSR count). The Morgan fingerprint density at radius 1 is 1.10 bits per heavy atom. The van der Waals surface area contributed by atoms with E-state index in [0.717, 1.165) is 36.9 Å². The van der Waals surface area contributed by atoms with E-state index >= 15 is 0 Å². The van der Waals surface area contributed by atoms with E-state index < -0.39 is 27.0 Å². The molecule has 0 fully saturated rings. The van der Waals surface area contributed by atoms with Crippen LogP contribution in [-0.4, -0.2) is 46.1 Å². The van der Waals surface area contributed by atoms with Crippen molar-refractivity contribution in [2.24, 2.45) is 0 Å². The second kappa shape index (κ2) is 9.96. The Morgan fingerprint density at radius 2 is 1.72 bits per heavy atom. The Balaban J connectivity index is 2.04. The maximum absolute atomic E-state index is 12.5. The molecule has 156 valence electrons. The zero-order chi connectivity index (χ0) is 21.4. The lowest BCUT2D eigenvalue weighted by Crippen LogP contribution is -2.47. The van der Waals surface area contributed by atoms with E-state index in [-0.39, 0.29) is 17.1 Å². The Labute approximate surface area is 168 Å². The average molecular weight is 423 g/mol. The first kappa shape index (κ1) is 22.3. The van der Waals surface area contributed by atoms with E-state index in [2.05, 4.69) is 14.8 Å². The number of nitro benzene ring substituents is 1. The minimum Gasteiger partial charge on any atom is -0.497 e. The highest BCUT2D eigenvalue weighted by Crippen LogP contribution is 2.16. The molecule has 2 aromatic rings. The first-order valence-corrected chi connectivity index (χ1v) is 9.93. The quantitative estimate of drug-likeness (QED) is 0.331. The van der Waals surface area contributed by atoms with E-state index in [1.165, 1.54) is 0 Å². The highest BCUT2D eigenvalue weighted by molar-refractivity contribution is 7.89. The molecule has 2 aromatic carbocycles. The smallest absolute Gasteiger partial charge is 0.325 e. The first-order valence-electron chi connectivity index (χ1n) is 8.45. The van der Waals surface area contributed by atoms with Crippen LogP contribution in [0.15, 0.2) is 53.4 Å². The molecule has 29 heavy (non-hydrogen) atoms. The van der Waals surface area contributed by atoms with Gasteiger partial charge in [0.1, 0.15) is 11.8 Å². The van der Waals surface area contributed by atoms with Crippen LogP contribution in [0.25, 0.3) is 0 Å². The number of benzene rings is 2. The van der Waals surface area contributed by atoms with Crippen LogP contribution < -0.4 is 14.8 Å². The minimum atomic E-state index is -4.09. The number of hydrogen-bond acceptors (Lipinski definition) is 8. The number of carbonyl (C=O) groups is 1. The molecular formula is C18H21N3O7S. The maximum Gasteiger partial charge on any atom is 0.325 e. The van der Waals surface area contributed by atoms with Crippen LogP contribution in [-0.2, 0) is 26.1 Å². The van der Waals surface area contributed by atoms with E-state index in [1.54, 1.807) is 19.2 Å². The van der Waals surface area contributed by atoms with Gasteiger partial charge in [-0.25, -0.2) is 8.42 Å². The number of nitrogens with zero attached hydrogens (tertiary/aromatic N) is 1. The van der Waals surface area contributed by atoms with Gasteiger partial charge < -0.3 is 14.8 Å². The molecule has 0 spiro atoms. The summed E-state index contributed by atoms with van der Waals surface area (Å²) in [6, 6.07) is 10.4. The molecule has 0 aliphatic carbocycles. The van der Waals surface area contributed by atoms with Gasteiger partial charge in [-0.2, -0.15) is 4.72 Å². The first-order chi connectivity index (χ1) is 13.8. The topological polar surface area (TPSA) is 137 Å². The highest BCUT2D eigenvalue weighted by atomic mass is 32.2. The van der Waals surface area contributed by atoms with Crippen LogP contribution in [0.1, 0.15) is 5.56 Å². The summed E-state index contributed by atoms with van der Waals surface area (Å²) in [5, 5.41) is 13.7. The van der Waals surface area contributed by atoms with Crippen molar-refractivity contribution in [3.05, 3.63) is 64.2 Å². The van der Waals surface area contributed by atoms with Crippen LogP contribution >= 0.6 is 0 Å². The summed E-state index contributed by atoms with van der Waals surface area (Å²) < 4.78 is 37.0. The van der Waals surface area contributed by atoms with E-state index in [0.29, 0.717) is 12.3 Å². The summed E-state index contributed by atoms with van der Waals surface area (Å²) >= 11 is 0. The van der Waals surface area contributed by atoms with Gasteiger partial charge in [0.2, 0.25) is 10.0 Å². The summed E-state index contributed by atoms with van der Waals surface area (Å²) in [6.07, 6.45) is 0. The third-order valence-corrected chi connectivity index (χ3v) is 5.47. The third kappa shape index (κ3) is 6.24. The summed E-state index contributed by atoms with van der Waals surface area (Å²) in [5.74, 6) is -0.0604. The van der Waals surface area contributed by atoms with Crippen LogP contribution in [0.5, 0.6) is 5.75 Å². The zero-order valence-electron chi connectivity index (χ0n) is 15.8. The third-order valence-electron chi connectivity index (χ3n) is 3.98. The van der Waals surface area contributed by atoms with E-state index in [4.69, 9.17) is 4.74 Å². The second-order valence-electron chi connectivity index (χ2n) is 5.93. The minimum absolute atomic E-state index is 0.0229. The number of nitro groups is 1. The standard InChI is InChI=1S/C18H21N3O7S/c1-27-15-7-3-13(4-8-15)11-19-12-17(18(22)28-2)20-29(25,26)16-9-5-14(6-10-16)21(23)24/h3-10,17,19-20H,11-12H2,1-2H3/t17-/m0/s1. The van der Waals surface area contributed by atoms with Gasteiger partial charge in [0.15, 0.2) is 0 Å². The number of carbonyl (C=O) groups excluding carboxylic acids is 1. The van der Waals surface area contributed by atoms with Crippen LogP contribution in [0, 0.1) is 10.1 Å². The molecule has 1 atom stereocenters. The fourth-order valence-corrected chi connectivity index (χ4v) is 3.61. The average Bonchev–Trinajstić information content (AvgIpc) is 2.72. The Morgan fingerprint density at radius 3 is 2.24 bits per heavy atom. The molecule has 11 heteroatoms. The molecule has 0 aliphatic rings. The lowest BCUT2D eigenvalue weighted by Gasteiger charge is -2.17. The molecule has 2 N–H and O–H groups in total. The van der Waals surface area contributed by atoms with Gasteiger partial charge in [0.05, 0.1) is 24.0 Å². The molecule has 0 radical (unpaired) electrons. The van der Waals surface area contributed by atoms with Crippen molar-refractivity contribution in [2.45, 2.75) is 17.5 Å². The van der Waals surface area contributed by atoms with Crippen LogP contribution in [0.2, 0.25) is 0 Å². The fourth-order valence-electron chi connectivity index (χ4n) is 2.42. The summed E-state index contributed by atoms with van der Waals surface area (Å²) in [5.41, 5.74) is 0.669. The largest absolute Gasteiger partial charge is 0.497 e. The normalized spacial score (nSPS) is 12.2. The summed E-state index contributed by atoms with van der Waals surface area (Å²) in [7, 11) is -1.38. The molecule has 0 aliphatic heterocycles. The van der Waals surface area contributed by atoms with Gasteiger partial charge in [0.25, 0.3) is 5.69 Å². The lowest BCUT2D eigenvalue weighted by atomic mass is 10.2. The predicted octanol–water partition coefficient (Wildman–Crippen LogP) is 1.21. The fraction of sp³-hybridized carbons (Fsp3) is 0.278. The van der Waals surface area contributed by atoms with Crippen LogP contribution in [0.4, 0.5) is 5.69 Å². The zero-order valence-corrected chi connectivity index (χ0v) is 16.6. The summed E-state index contributed by atoms with van der Waals surface area (Å²) in [6.45, 7) is 0.363. The molecule has 0 saturated carbocycles. The van der Waals surface area contributed by atoms with Gasteiger partial charge in [-0.1, -0.05) is 12.1 Å². The van der Waals surface area contributed by atoms with Gasteiger partial charge in [-0.05, 0) is 29.8 Å². The Hall–Kier alpha value is -3.02. The van der Waals surface area contributed by atoms with Crippen molar-refractivity contribution < 1.29 is 27.6 Å². The lowest BCUT2D eigenvalue weighted by molar-refractivity contribution is -0.384. The van der Waals surface area contributed by atoms with Gasteiger partial charge in [0, 0.05) is 25.2 Å². The van der Waals surface area contributed by atoms with Crippen molar-refractivity contribution in [3.63, 3.8) is 0 Å². The SMILES string of the molecule is COC(=O)[C@H](CNCc1ccc(OC)cc1)NS(=O)(=O)c1ccc([N+](=O)[O-])cc1. The molecular weight excluding hydrogens is 402 g/mol. The number of nitrogens with one attached hydrogen (secondary N) is 2. The Kier molecular flexibility index (Phi) is 7.65. The predicted molar refractivity (Wildman–Crippen MR) is 104 cm³/mol. The molecule has 0 aromatic heterocycles. The number of rotatable bonds is 10. The number of methoxy groups -OCH3 is 2. The highest BCUT2D eigenvalue weighted by Gasteiger charge is 2.26. The van der Waals surface area contributed by atoms with Crippen LogP contribution in [0.3, 0.4) is 0 Å². The number of sulfonamides is 1. The second-order valence-corrected chi connectivity index (χ2v) is 7.64. The number of esters is 1. The molecule has 0 amide bonds. The number of ether oxygens (including phenoxy) is 2. The molecule has 0 heterocycles. The number of hydrogen-bond donors (Lipinski definition) is 2. The molecule has 0 bridgehead atoms. The number of non-ortho nitro benzene ring substituents is 1. The van der Waals surface area contributed by atoms with E-state index in [1.807, 2.05) is 12.1 Å². The van der Waals surface area contributed by atoms with Crippen molar-refractivity contribution >= 4 is 21.7 Å². The maximum atomic E-state index is 12.5. The molecule has 10 nitrogen and oxygen atoms in total. The van der Waals surface area contributed by atoms with Gasteiger partial charge in [-0.3, -0.25) is 14.9 Å². The van der Waals surface area contributed by atoms with Crippen molar-refractivity contribution in [1.29, 1.82) is 0 Å². The Bertz CT molecular complexity index is 944. The monoisotopic (exact) mass is 423 g/mol. The van der Waals surface area contributed by atoms with Gasteiger partial charge >= 0.3 is 5.97 Å². The molecule has 0 unspecified atom stereocenters. The molecule has 0 saturated heterocycles. The van der Waals surface area contributed by atoms with Gasteiger partial charge in [-0.15, -0.1) is 0 Å². The van der Waals surface area contributed by atoms with E-state index in [9.17, 15) is 23.3 Å². The van der Waals surface area contributed by atoms with Crippen molar-refractivity contribution in [2.75, 3.05) is 20.8 Å². The summed E-state index contributed by atoms with van der Waals surface area (Å²) in [4.78, 5) is 21.9. The van der Waals surface area contributed by atoms with Crippen molar-refractivity contribution in [3.8, 4) is 5.75 Å². The van der Waals surface area contributed by atoms with Crippen molar-refractivity contribution in [1.82, 2.24) is 10.0 Å².